The van der Waals surface area contributed by atoms with Gasteiger partial charge in [-0.1, -0.05) is 23.2 Å². The molecule has 0 aliphatic carbocycles. The van der Waals surface area contributed by atoms with Crippen LogP contribution in [0.15, 0.2) is 6.07 Å². The van der Waals surface area contributed by atoms with Gasteiger partial charge in [0.2, 0.25) is 5.91 Å². The van der Waals surface area contributed by atoms with Crippen LogP contribution in [-0.2, 0) is 4.79 Å². The summed E-state index contributed by atoms with van der Waals surface area (Å²) in [4.78, 5) is 19.6. The topological polar surface area (TPSA) is 48.5 Å². The van der Waals surface area contributed by atoms with E-state index in [-0.39, 0.29) is 5.91 Å². The van der Waals surface area contributed by atoms with E-state index in [1.54, 1.807) is 20.0 Å². The van der Waals surface area contributed by atoms with Crippen molar-refractivity contribution in [2.75, 3.05) is 43.4 Å². The summed E-state index contributed by atoms with van der Waals surface area (Å²) in [6.07, 6.45) is 0. The lowest BCUT2D eigenvalue weighted by Crippen LogP contribution is -2.48. The van der Waals surface area contributed by atoms with Crippen molar-refractivity contribution in [2.24, 2.45) is 0 Å². The lowest BCUT2D eigenvalue weighted by molar-refractivity contribution is -0.129. The molecule has 19 heavy (non-hydrogen) atoms. The number of hydrogen-bond acceptors (Lipinski definition) is 4. The summed E-state index contributed by atoms with van der Waals surface area (Å²) < 4.78 is 0. The SMILES string of the molecule is CNc1nc(N2CCN(C(C)=O)CC2)c(Cl)cc1Cl. The molecule has 0 aromatic carbocycles. The van der Waals surface area contributed by atoms with Crippen LogP contribution in [0.5, 0.6) is 0 Å². The highest BCUT2D eigenvalue weighted by molar-refractivity contribution is 6.37. The van der Waals surface area contributed by atoms with E-state index in [1.807, 2.05) is 4.90 Å². The number of aromatic nitrogens is 1. The first-order valence-electron chi connectivity index (χ1n) is 6.07. The molecule has 1 aromatic rings. The van der Waals surface area contributed by atoms with E-state index in [1.165, 1.54) is 0 Å². The van der Waals surface area contributed by atoms with Crippen LogP contribution in [-0.4, -0.2) is 49.0 Å². The fourth-order valence-corrected chi connectivity index (χ4v) is 2.66. The summed E-state index contributed by atoms with van der Waals surface area (Å²) in [5.74, 6) is 1.42. The highest BCUT2D eigenvalue weighted by atomic mass is 35.5. The van der Waals surface area contributed by atoms with Crippen LogP contribution < -0.4 is 10.2 Å². The molecule has 0 bridgehead atoms. The van der Waals surface area contributed by atoms with Gasteiger partial charge in [0.05, 0.1) is 10.0 Å². The largest absolute Gasteiger partial charge is 0.372 e. The predicted molar refractivity (Wildman–Crippen MR) is 78.3 cm³/mol. The zero-order valence-corrected chi connectivity index (χ0v) is 12.4. The van der Waals surface area contributed by atoms with Crippen molar-refractivity contribution in [2.45, 2.75) is 6.92 Å². The molecular weight excluding hydrogens is 287 g/mol. The maximum absolute atomic E-state index is 11.3. The minimum absolute atomic E-state index is 0.103. The van der Waals surface area contributed by atoms with Crippen molar-refractivity contribution in [3.05, 3.63) is 16.1 Å². The number of halogens is 2. The van der Waals surface area contributed by atoms with E-state index in [2.05, 4.69) is 15.2 Å². The normalized spacial score (nSPS) is 15.6. The van der Waals surface area contributed by atoms with Crippen LogP contribution in [0.4, 0.5) is 11.6 Å². The third-order valence-electron chi connectivity index (χ3n) is 3.17. The molecule has 2 rings (SSSR count). The van der Waals surface area contributed by atoms with Gasteiger partial charge in [0.25, 0.3) is 0 Å². The molecule has 1 saturated heterocycles. The zero-order valence-electron chi connectivity index (χ0n) is 10.9. The van der Waals surface area contributed by atoms with Crippen molar-refractivity contribution in [3.63, 3.8) is 0 Å². The first kappa shape index (κ1) is 14.2. The van der Waals surface area contributed by atoms with E-state index in [9.17, 15) is 4.79 Å². The van der Waals surface area contributed by atoms with Gasteiger partial charge < -0.3 is 15.1 Å². The second-order valence-corrected chi connectivity index (χ2v) is 5.18. The molecule has 0 unspecified atom stereocenters. The lowest BCUT2D eigenvalue weighted by atomic mass is 10.3. The summed E-state index contributed by atoms with van der Waals surface area (Å²) in [6, 6.07) is 1.69. The van der Waals surface area contributed by atoms with Gasteiger partial charge in [0.15, 0.2) is 0 Å². The van der Waals surface area contributed by atoms with Crippen molar-refractivity contribution in [3.8, 4) is 0 Å². The summed E-state index contributed by atoms with van der Waals surface area (Å²) >= 11 is 12.2. The quantitative estimate of drug-likeness (QED) is 0.909. The average Bonchev–Trinajstić information content (AvgIpc) is 2.39. The average molecular weight is 303 g/mol. The summed E-state index contributed by atoms with van der Waals surface area (Å²) in [5.41, 5.74) is 0. The number of anilines is 2. The van der Waals surface area contributed by atoms with Gasteiger partial charge in [0.1, 0.15) is 11.6 Å². The van der Waals surface area contributed by atoms with Crippen LogP contribution in [0.1, 0.15) is 6.92 Å². The number of hydrogen-bond donors (Lipinski definition) is 1. The van der Waals surface area contributed by atoms with E-state index in [4.69, 9.17) is 23.2 Å². The molecule has 0 spiro atoms. The van der Waals surface area contributed by atoms with Gasteiger partial charge in [-0.2, -0.15) is 0 Å². The van der Waals surface area contributed by atoms with Crippen molar-refractivity contribution < 1.29 is 4.79 Å². The Hall–Kier alpha value is -1.20. The van der Waals surface area contributed by atoms with Gasteiger partial charge in [-0.15, -0.1) is 0 Å². The molecule has 1 aromatic heterocycles. The molecule has 1 aliphatic rings. The van der Waals surface area contributed by atoms with Crippen LogP contribution >= 0.6 is 23.2 Å². The summed E-state index contributed by atoms with van der Waals surface area (Å²) in [7, 11) is 1.76. The van der Waals surface area contributed by atoms with Gasteiger partial charge in [-0.25, -0.2) is 4.98 Å². The van der Waals surface area contributed by atoms with Gasteiger partial charge in [-0.3, -0.25) is 4.79 Å². The standard InChI is InChI=1S/C12H16Cl2N4O/c1-8(19)17-3-5-18(6-4-17)12-10(14)7-9(13)11(15-2)16-12/h7H,3-6H2,1-2H3,(H,15,16). The Bertz CT molecular complexity index is 487. The molecule has 0 atom stereocenters. The van der Waals surface area contributed by atoms with E-state index in [0.717, 1.165) is 13.1 Å². The van der Waals surface area contributed by atoms with Crippen molar-refractivity contribution in [1.82, 2.24) is 9.88 Å². The van der Waals surface area contributed by atoms with Crippen molar-refractivity contribution >= 4 is 40.7 Å². The summed E-state index contributed by atoms with van der Waals surface area (Å²) in [5, 5.41) is 3.96. The number of amides is 1. The minimum atomic E-state index is 0.103. The first-order valence-corrected chi connectivity index (χ1v) is 6.82. The molecule has 104 valence electrons. The second kappa shape index (κ2) is 5.84. The van der Waals surface area contributed by atoms with Gasteiger partial charge in [0, 0.05) is 40.2 Å². The number of carbonyl (C=O) groups is 1. The number of rotatable bonds is 2. The van der Waals surface area contributed by atoms with E-state index >= 15 is 0 Å². The molecule has 7 heteroatoms. The van der Waals surface area contributed by atoms with Crippen molar-refractivity contribution in [1.29, 1.82) is 0 Å². The fourth-order valence-electron chi connectivity index (χ4n) is 2.09. The molecule has 0 saturated carbocycles. The Kier molecular flexibility index (Phi) is 4.37. The fraction of sp³-hybridized carbons (Fsp3) is 0.500. The van der Waals surface area contributed by atoms with Crippen LogP contribution in [0.2, 0.25) is 10.0 Å². The van der Waals surface area contributed by atoms with Crippen LogP contribution in [0.25, 0.3) is 0 Å². The van der Waals surface area contributed by atoms with Crippen LogP contribution in [0.3, 0.4) is 0 Å². The van der Waals surface area contributed by atoms with E-state index < -0.39 is 0 Å². The Morgan fingerprint density at radius 2 is 1.89 bits per heavy atom. The van der Waals surface area contributed by atoms with Gasteiger partial charge in [-0.05, 0) is 6.07 Å². The molecule has 1 amide bonds. The number of piperazine rings is 1. The highest BCUT2D eigenvalue weighted by Crippen LogP contribution is 2.31. The second-order valence-electron chi connectivity index (χ2n) is 4.37. The lowest BCUT2D eigenvalue weighted by Gasteiger charge is -2.35. The molecular formula is C12H16Cl2N4O. The zero-order chi connectivity index (χ0) is 14.0. The molecule has 5 nitrogen and oxygen atoms in total. The summed E-state index contributed by atoms with van der Waals surface area (Å²) in [6.45, 7) is 4.40. The Labute approximate surface area is 122 Å². The smallest absolute Gasteiger partial charge is 0.219 e. The maximum Gasteiger partial charge on any atom is 0.219 e. The Balaban J connectivity index is 2.17. The molecule has 1 fully saturated rings. The van der Waals surface area contributed by atoms with Crippen LogP contribution in [0, 0.1) is 0 Å². The molecule has 2 heterocycles. The van der Waals surface area contributed by atoms with Gasteiger partial charge >= 0.3 is 0 Å². The highest BCUT2D eigenvalue weighted by Gasteiger charge is 2.22. The third kappa shape index (κ3) is 3.04. The first-order chi connectivity index (χ1) is 9.02. The molecule has 1 N–H and O–H groups in total. The monoisotopic (exact) mass is 302 g/mol. The maximum atomic E-state index is 11.3. The predicted octanol–water partition coefficient (Wildman–Crippen LogP) is 2.10. The minimum Gasteiger partial charge on any atom is -0.372 e. The third-order valence-corrected chi connectivity index (χ3v) is 3.74. The van der Waals surface area contributed by atoms with E-state index in [0.29, 0.717) is 34.8 Å². The number of nitrogens with zero attached hydrogens (tertiary/aromatic N) is 3. The number of pyridine rings is 1. The Morgan fingerprint density at radius 3 is 2.42 bits per heavy atom. The Morgan fingerprint density at radius 1 is 1.26 bits per heavy atom. The number of nitrogens with one attached hydrogen (secondary N) is 1. The number of carbonyl (C=O) groups excluding carboxylic acids is 1. The molecule has 1 aliphatic heterocycles. The molecule has 0 radical (unpaired) electrons.